The molecule has 0 saturated carbocycles. The number of nitrogens with zero attached hydrogens (tertiary/aromatic N) is 1. The van der Waals surface area contributed by atoms with E-state index in [2.05, 4.69) is 10.4 Å². The maximum Gasteiger partial charge on any atom is 0.137 e. The van der Waals surface area contributed by atoms with Crippen LogP contribution in [0.25, 0.3) is 0 Å². The summed E-state index contributed by atoms with van der Waals surface area (Å²) < 4.78 is 19.0. The molecule has 0 aliphatic carbocycles. The topological polar surface area (TPSA) is 60.2 Å². The summed E-state index contributed by atoms with van der Waals surface area (Å²) in [5.41, 5.74) is 3.65. The van der Waals surface area contributed by atoms with Crippen LogP contribution in [0.4, 0.5) is 4.39 Å². The maximum atomic E-state index is 13.6. The Balaban J connectivity index is 2.06. The molecule has 112 valence electrons. The molecule has 3 N–H and O–H groups in total. The highest BCUT2D eigenvalue weighted by atomic mass is 32.2. The van der Waals surface area contributed by atoms with Crippen molar-refractivity contribution < 1.29 is 9.13 Å². The van der Waals surface area contributed by atoms with Gasteiger partial charge in [-0.05, 0) is 30.7 Å². The number of hydrogen-bond acceptors (Lipinski definition) is 5. The van der Waals surface area contributed by atoms with Crippen LogP contribution in [0.2, 0.25) is 0 Å². The Morgan fingerprint density at radius 2 is 2.19 bits per heavy atom. The third-order valence-corrected chi connectivity index (χ3v) is 4.03. The molecule has 0 aliphatic heterocycles. The van der Waals surface area contributed by atoms with E-state index in [1.807, 2.05) is 19.1 Å². The van der Waals surface area contributed by atoms with Gasteiger partial charge in [0.25, 0.3) is 0 Å². The number of aromatic nitrogens is 1. The van der Waals surface area contributed by atoms with Crippen molar-refractivity contribution in [1.29, 1.82) is 0 Å². The predicted octanol–water partition coefficient (Wildman–Crippen LogP) is 2.92. The van der Waals surface area contributed by atoms with E-state index in [9.17, 15) is 4.39 Å². The molecule has 1 aromatic heterocycles. The van der Waals surface area contributed by atoms with E-state index < -0.39 is 0 Å². The molecule has 1 atom stereocenters. The van der Waals surface area contributed by atoms with Crippen LogP contribution in [0.5, 0.6) is 5.75 Å². The van der Waals surface area contributed by atoms with Crippen molar-refractivity contribution in [1.82, 2.24) is 10.4 Å². The number of rotatable bonds is 7. The van der Waals surface area contributed by atoms with Gasteiger partial charge in [0.1, 0.15) is 11.6 Å². The first kappa shape index (κ1) is 15.8. The molecule has 21 heavy (non-hydrogen) atoms. The van der Waals surface area contributed by atoms with Crippen molar-refractivity contribution in [3.05, 3.63) is 54.1 Å². The van der Waals surface area contributed by atoms with Gasteiger partial charge in [-0.2, -0.15) is 0 Å². The highest BCUT2D eigenvalue weighted by Crippen LogP contribution is 2.27. The zero-order valence-electron chi connectivity index (χ0n) is 11.8. The number of hydrogen-bond donors (Lipinski definition) is 2. The van der Waals surface area contributed by atoms with Crippen molar-refractivity contribution >= 4 is 11.8 Å². The second-order valence-electron chi connectivity index (χ2n) is 4.35. The standard InChI is InChI=1S/C15H18FN3OS/c1-2-20-12-7-11(8-18-9-12)14(19-17)10-21-15-6-4-3-5-13(15)16/h3-9,14,19H,2,10,17H2,1H3. The van der Waals surface area contributed by atoms with Gasteiger partial charge in [0, 0.05) is 16.8 Å². The van der Waals surface area contributed by atoms with Gasteiger partial charge >= 0.3 is 0 Å². The summed E-state index contributed by atoms with van der Waals surface area (Å²) >= 11 is 1.41. The summed E-state index contributed by atoms with van der Waals surface area (Å²) in [6.07, 6.45) is 3.39. The molecule has 0 saturated heterocycles. The monoisotopic (exact) mass is 307 g/mol. The third-order valence-electron chi connectivity index (χ3n) is 2.89. The van der Waals surface area contributed by atoms with E-state index in [-0.39, 0.29) is 11.9 Å². The quantitative estimate of drug-likeness (QED) is 0.468. The van der Waals surface area contributed by atoms with Gasteiger partial charge in [-0.1, -0.05) is 12.1 Å². The van der Waals surface area contributed by atoms with Crippen LogP contribution in [0.1, 0.15) is 18.5 Å². The summed E-state index contributed by atoms with van der Waals surface area (Å²) in [6.45, 7) is 2.50. The fourth-order valence-electron chi connectivity index (χ4n) is 1.85. The van der Waals surface area contributed by atoms with E-state index in [1.165, 1.54) is 17.8 Å². The van der Waals surface area contributed by atoms with Crippen LogP contribution in [-0.4, -0.2) is 17.3 Å². The van der Waals surface area contributed by atoms with Crippen molar-refractivity contribution in [3.8, 4) is 5.75 Å². The van der Waals surface area contributed by atoms with E-state index in [0.717, 1.165) is 5.56 Å². The zero-order chi connectivity index (χ0) is 15.1. The van der Waals surface area contributed by atoms with Gasteiger partial charge in [0.05, 0.1) is 18.8 Å². The van der Waals surface area contributed by atoms with E-state index in [4.69, 9.17) is 10.6 Å². The molecular weight excluding hydrogens is 289 g/mol. The fourth-order valence-corrected chi connectivity index (χ4v) is 2.86. The van der Waals surface area contributed by atoms with E-state index in [1.54, 1.807) is 24.5 Å². The number of benzene rings is 1. The number of thioether (sulfide) groups is 1. The Morgan fingerprint density at radius 1 is 1.38 bits per heavy atom. The lowest BCUT2D eigenvalue weighted by Crippen LogP contribution is -2.29. The molecule has 0 spiro atoms. The van der Waals surface area contributed by atoms with Crippen LogP contribution >= 0.6 is 11.8 Å². The average molecular weight is 307 g/mol. The Labute approximate surface area is 127 Å². The maximum absolute atomic E-state index is 13.6. The normalized spacial score (nSPS) is 12.1. The van der Waals surface area contributed by atoms with E-state index >= 15 is 0 Å². The van der Waals surface area contributed by atoms with Crippen LogP contribution in [0.3, 0.4) is 0 Å². The summed E-state index contributed by atoms with van der Waals surface area (Å²) in [5.74, 6) is 6.67. The first-order chi connectivity index (χ1) is 10.2. The highest BCUT2D eigenvalue weighted by Gasteiger charge is 2.13. The molecule has 4 nitrogen and oxygen atoms in total. The second-order valence-corrected chi connectivity index (χ2v) is 5.41. The lowest BCUT2D eigenvalue weighted by atomic mass is 10.1. The Bertz CT molecular complexity index is 582. The third kappa shape index (κ3) is 4.42. The van der Waals surface area contributed by atoms with Crippen molar-refractivity contribution in [2.24, 2.45) is 5.84 Å². The molecule has 2 rings (SSSR count). The molecule has 1 unspecified atom stereocenters. The van der Waals surface area contributed by atoms with Crippen LogP contribution in [-0.2, 0) is 0 Å². The molecular formula is C15H18FN3OS. The van der Waals surface area contributed by atoms with Gasteiger partial charge in [0.15, 0.2) is 0 Å². The molecule has 0 aliphatic rings. The minimum absolute atomic E-state index is 0.137. The van der Waals surface area contributed by atoms with Crippen molar-refractivity contribution in [2.75, 3.05) is 12.4 Å². The summed E-state index contributed by atoms with van der Waals surface area (Å²) in [5, 5.41) is 0. The molecule has 0 radical (unpaired) electrons. The van der Waals surface area contributed by atoms with Crippen LogP contribution in [0.15, 0.2) is 47.6 Å². The molecule has 6 heteroatoms. The molecule has 0 fully saturated rings. The second kappa shape index (κ2) is 7.97. The number of nitrogens with one attached hydrogen (secondary N) is 1. The summed E-state index contributed by atoms with van der Waals surface area (Å²) in [7, 11) is 0. The SMILES string of the molecule is CCOc1cncc(C(CSc2ccccc2F)NN)c1. The van der Waals surface area contributed by atoms with Gasteiger partial charge < -0.3 is 4.74 Å². The first-order valence-corrected chi connectivity index (χ1v) is 7.64. The van der Waals surface area contributed by atoms with Gasteiger partial charge in [-0.15, -0.1) is 11.8 Å². The minimum atomic E-state index is -0.223. The van der Waals surface area contributed by atoms with Gasteiger partial charge in [-0.25, -0.2) is 4.39 Å². The zero-order valence-corrected chi connectivity index (χ0v) is 12.6. The lowest BCUT2D eigenvalue weighted by molar-refractivity contribution is 0.338. The van der Waals surface area contributed by atoms with Crippen LogP contribution < -0.4 is 16.0 Å². The highest BCUT2D eigenvalue weighted by molar-refractivity contribution is 7.99. The molecule has 2 aromatic rings. The van der Waals surface area contributed by atoms with Crippen molar-refractivity contribution in [3.63, 3.8) is 0 Å². The Kier molecular flexibility index (Phi) is 5.98. The summed E-state index contributed by atoms with van der Waals surface area (Å²) in [4.78, 5) is 4.74. The largest absolute Gasteiger partial charge is 0.492 e. The molecule has 1 aromatic carbocycles. The minimum Gasteiger partial charge on any atom is -0.492 e. The van der Waals surface area contributed by atoms with Gasteiger partial charge in [0.2, 0.25) is 0 Å². The van der Waals surface area contributed by atoms with Gasteiger partial charge in [-0.3, -0.25) is 16.3 Å². The number of pyridine rings is 1. The average Bonchev–Trinajstić information content (AvgIpc) is 2.50. The number of hydrazine groups is 1. The van der Waals surface area contributed by atoms with Crippen LogP contribution in [0, 0.1) is 5.82 Å². The summed E-state index contributed by atoms with van der Waals surface area (Å²) in [6, 6.07) is 8.44. The van der Waals surface area contributed by atoms with E-state index in [0.29, 0.717) is 23.0 Å². The lowest BCUT2D eigenvalue weighted by Gasteiger charge is -2.16. The first-order valence-electron chi connectivity index (χ1n) is 6.65. The predicted molar refractivity (Wildman–Crippen MR) is 82.6 cm³/mol. The number of halogens is 1. The number of ether oxygens (including phenoxy) is 1. The smallest absolute Gasteiger partial charge is 0.137 e. The van der Waals surface area contributed by atoms with Crippen molar-refractivity contribution in [2.45, 2.75) is 17.9 Å². The number of nitrogens with two attached hydrogens (primary N) is 1. The Morgan fingerprint density at radius 3 is 2.90 bits per heavy atom. The molecule has 0 bridgehead atoms. The molecule has 1 heterocycles. The fraction of sp³-hybridized carbons (Fsp3) is 0.267. The Hall–Kier alpha value is -1.63. The molecule has 0 amide bonds.